The van der Waals surface area contributed by atoms with E-state index in [4.69, 9.17) is 14.2 Å². The third-order valence-electron chi connectivity index (χ3n) is 9.04. The molecule has 1 saturated heterocycles. The van der Waals surface area contributed by atoms with Gasteiger partial charge in [-0.3, -0.25) is 9.59 Å². The van der Waals surface area contributed by atoms with E-state index in [2.05, 4.69) is 56.3 Å². The molecule has 3 aromatic carbocycles. The Morgan fingerprint density at radius 2 is 1.90 bits per heavy atom. The maximum absolute atomic E-state index is 12.8. The zero-order valence-corrected chi connectivity index (χ0v) is 29.2. The fourth-order valence-electron chi connectivity index (χ4n) is 6.19. The number of ether oxygens (including phenoxy) is 3. The van der Waals surface area contributed by atoms with Crippen molar-refractivity contribution in [3.63, 3.8) is 0 Å². The molecule has 2 aliphatic rings. The molecule has 51 heavy (non-hydrogen) atoms. The third-order valence-corrected chi connectivity index (χ3v) is 9.99. The number of carboxylic acid groups (broad SMARTS) is 1. The number of nitrogens with zero attached hydrogens (tertiary/aromatic N) is 3. The second-order valence-electron chi connectivity index (χ2n) is 12.4. The lowest BCUT2D eigenvalue weighted by Gasteiger charge is -2.35. The van der Waals surface area contributed by atoms with Crippen LogP contribution in [0, 0.1) is 18.7 Å². The Hall–Kier alpha value is -4.18. The minimum Gasteiger partial charge on any atom is -0.481 e. The zero-order chi connectivity index (χ0) is 36.7. The van der Waals surface area contributed by atoms with Crippen LogP contribution in [0.25, 0.3) is 11.0 Å². The van der Waals surface area contributed by atoms with E-state index in [-0.39, 0.29) is 30.2 Å². The van der Waals surface area contributed by atoms with E-state index in [0.717, 1.165) is 45.5 Å². The van der Waals surface area contributed by atoms with Crippen LogP contribution >= 0.6 is 11.9 Å². The van der Waals surface area contributed by atoms with Gasteiger partial charge in [0.1, 0.15) is 17.7 Å². The molecule has 1 amide bonds. The number of alkyl halides is 3. The van der Waals surface area contributed by atoms with E-state index < -0.39 is 29.4 Å². The summed E-state index contributed by atoms with van der Waals surface area (Å²) in [6.45, 7) is 4.27. The molecule has 4 aromatic rings. The first-order chi connectivity index (χ1) is 24.3. The van der Waals surface area contributed by atoms with Crippen LogP contribution < -0.4 is 9.62 Å². The Balaban J connectivity index is 0.000000303. The van der Waals surface area contributed by atoms with Crippen molar-refractivity contribution in [3.05, 3.63) is 83.4 Å². The summed E-state index contributed by atoms with van der Waals surface area (Å²) in [5.41, 5.74) is 2.84. The van der Waals surface area contributed by atoms with Crippen molar-refractivity contribution in [2.75, 3.05) is 43.1 Å². The van der Waals surface area contributed by atoms with Gasteiger partial charge in [-0.15, -0.1) is 0 Å². The summed E-state index contributed by atoms with van der Waals surface area (Å²) in [7, 11) is 4.07. The van der Waals surface area contributed by atoms with Crippen LogP contribution in [0.2, 0.25) is 0 Å². The Kier molecular flexibility index (Phi) is 12.6. The normalized spacial score (nSPS) is 20.7. The molecule has 0 bridgehead atoms. The molecule has 6 rings (SSSR count). The van der Waals surface area contributed by atoms with Crippen LogP contribution in [-0.4, -0.2) is 72.7 Å². The predicted molar refractivity (Wildman–Crippen MR) is 185 cm³/mol. The highest BCUT2D eigenvalue weighted by molar-refractivity contribution is 8.00. The van der Waals surface area contributed by atoms with E-state index >= 15 is 0 Å². The summed E-state index contributed by atoms with van der Waals surface area (Å²) in [4.78, 5) is 27.7. The number of aliphatic carboxylic acids is 1. The number of rotatable bonds is 10. The van der Waals surface area contributed by atoms with Crippen LogP contribution in [0.15, 0.2) is 65.6 Å². The van der Waals surface area contributed by atoms with Crippen LogP contribution in [-0.2, 0) is 37.0 Å². The SMILES string of the molecule is Cc1nc2cc(SN(C)c3ccc([C@@H]4C[C@H](OCC5COCCO5)CCC4C(=O)O)cc3)ccc2n1C.O=CNc1ccc(C(F)(F)F)cc1F. The van der Waals surface area contributed by atoms with Crippen molar-refractivity contribution in [1.82, 2.24) is 9.55 Å². The average Bonchev–Trinajstić information content (AvgIpc) is 3.40. The summed E-state index contributed by atoms with van der Waals surface area (Å²) in [5, 5.41) is 11.8. The fourth-order valence-corrected chi connectivity index (χ4v) is 7.03. The molecule has 274 valence electrons. The van der Waals surface area contributed by atoms with Gasteiger partial charge in [0, 0.05) is 24.7 Å². The number of anilines is 2. The summed E-state index contributed by atoms with van der Waals surface area (Å²) >= 11 is 1.64. The van der Waals surface area contributed by atoms with Gasteiger partial charge in [0.2, 0.25) is 6.41 Å². The molecule has 4 atom stereocenters. The summed E-state index contributed by atoms with van der Waals surface area (Å²) < 4.78 is 70.4. The molecule has 15 heteroatoms. The van der Waals surface area contributed by atoms with E-state index in [1.165, 1.54) is 0 Å². The molecule has 10 nitrogen and oxygen atoms in total. The van der Waals surface area contributed by atoms with Gasteiger partial charge in [-0.1, -0.05) is 12.1 Å². The van der Waals surface area contributed by atoms with E-state index in [0.29, 0.717) is 51.4 Å². The van der Waals surface area contributed by atoms with Gasteiger partial charge < -0.3 is 33.5 Å². The molecule has 0 radical (unpaired) electrons. The average molecular weight is 733 g/mol. The zero-order valence-electron chi connectivity index (χ0n) is 28.4. The van der Waals surface area contributed by atoms with E-state index in [9.17, 15) is 32.3 Å². The smallest absolute Gasteiger partial charge is 0.416 e. The minimum absolute atomic E-state index is 0.0224. The number of carboxylic acids is 1. The number of amides is 1. The number of aryl methyl sites for hydroxylation is 2. The van der Waals surface area contributed by atoms with Gasteiger partial charge in [0.25, 0.3) is 0 Å². The third kappa shape index (κ3) is 9.79. The van der Waals surface area contributed by atoms with Gasteiger partial charge in [-0.05, 0) is 98.1 Å². The lowest BCUT2D eigenvalue weighted by atomic mass is 9.74. The number of hydrogen-bond acceptors (Lipinski definition) is 8. The van der Waals surface area contributed by atoms with Gasteiger partial charge in [-0.25, -0.2) is 9.37 Å². The number of imidazole rings is 1. The molecule has 1 aliphatic carbocycles. The van der Waals surface area contributed by atoms with Crippen molar-refractivity contribution in [2.24, 2.45) is 13.0 Å². The van der Waals surface area contributed by atoms with Gasteiger partial charge in [0.05, 0.1) is 60.7 Å². The quantitative estimate of drug-likeness (QED) is 0.0992. The van der Waals surface area contributed by atoms with Crippen molar-refractivity contribution < 1.29 is 46.5 Å². The Morgan fingerprint density at radius 1 is 1.14 bits per heavy atom. The van der Waals surface area contributed by atoms with Gasteiger partial charge in [-0.2, -0.15) is 13.2 Å². The van der Waals surface area contributed by atoms with Crippen LogP contribution in [0.4, 0.5) is 28.9 Å². The lowest BCUT2D eigenvalue weighted by molar-refractivity contribution is -0.147. The number of aromatic nitrogens is 2. The van der Waals surface area contributed by atoms with Gasteiger partial charge >= 0.3 is 12.1 Å². The number of nitrogens with one attached hydrogen (secondary N) is 1. The summed E-state index contributed by atoms with van der Waals surface area (Å²) in [6, 6.07) is 16.5. The fraction of sp³-hybridized carbons (Fsp3) is 0.417. The van der Waals surface area contributed by atoms with Crippen molar-refractivity contribution in [1.29, 1.82) is 0 Å². The van der Waals surface area contributed by atoms with Crippen molar-refractivity contribution in [3.8, 4) is 0 Å². The first-order valence-corrected chi connectivity index (χ1v) is 17.2. The first-order valence-electron chi connectivity index (χ1n) is 16.4. The van der Waals surface area contributed by atoms with Crippen LogP contribution in [0.3, 0.4) is 0 Å². The largest absolute Gasteiger partial charge is 0.481 e. The number of carbonyl (C=O) groups excluding carboxylic acids is 1. The van der Waals surface area contributed by atoms with E-state index in [1.54, 1.807) is 11.9 Å². The van der Waals surface area contributed by atoms with E-state index in [1.807, 2.05) is 26.3 Å². The Labute approximate surface area is 297 Å². The van der Waals surface area contributed by atoms with Gasteiger partial charge in [0.15, 0.2) is 0 Å². The molecule has 2 fully saturated rings. The highest BCUT2D eigenvalue weighted by Crippen LogP contribution is 2.40. The first kappa shape index (κ1) is 38.1. The molecule has 2 unspecified atom stereocenters. The molecule has 1 aliphatic heterocycles. The lowest BCUT2D eigenvalue weighted by Crippen LogP contribution is -2.37. The second kappa shape index (κ2) is 16.9. The number of carbonyl (C=O) groups is 2. The predicted octanol–water partition coefficient (Wildman–Crippen LogP) is 7.21. The molecule has 1 saturated carbocycles. The number of benzene rings is 3. The monoisotopic (exact) mass is 732 g/mol. The molecule has 2 N–H and O–H groups in total. The molecule has 0 spiro atoms. The number of hydrogen-bond donors (Lipinski definition) is 2. The molecular weight excluding hydrogens is 692 g/mol. The molecule has 2 heterocycles. The number of fused-ring (bicyclic) bond motifs is 1. The second-order valence-corrected chi connectivity index (χ2v) is 13.6. The maximum Gasteiger partial charge on any atom is 0.416 e. The minimum atomic E-state index is -4.58. The van der Waals surface area contributed by atoms with Crippen LogP contribution in [0.1, 0.15) is 42.1 Å². The maximum atomic E-state index is 12.8. The Bertz CT molecular complexity index is 1800. The van der Waals surface area contributed by atoms with Crippen molar-refractivity contribution in [2.45, 2.75) is 55.4 Å². The Morgan fingerprint density at radius 3 is 2.55 bits per heavy atom. The summed E-state index contributed by atoms with van der Waals surface area (Å²) in [6.07, 6.45) is -2.36. The van der Waals surface area contributed by atoms with Crippen molar-refractivity contribution >= 4 is 46.7 Å². The van der Waals surface area contributed by atoms with Crippen LogP contribution in [0.5, 0.6) is 0 Å². The highest BCUT2D eigenvalue weighted by atomic mass is 32.2. The number of halogens is 4. The topological polar surface area (TPSA) is 115 Å². The highest BCUT2D eigenvalue weighted by Gasteiger charge is 2.37. The standard InChI is InChI=1S/C28H35N3O5S.C8H5F4NO/c1-18-29-26-15-23(9-11-27(26)30(18)2)37-31(3)20-6-4-19(5-7-20)25-14-21(8-10-24(25)28(32)33)36-17-22-16-34-12-13-35-22;9-6-3-5(8(10,11)12)1-2-7(6)13-4-14/h4-7,9,11,15,21-22,24-25H,8,10,12-14,16-17H2,1-3H3,(H,32,33);1-4H,(H,13,14)/t21-,22?,24?,25+;/m1./s1. The molecular formula is C36H40F4N4O6S. The molecule has 1 aromatic heterocycles. The summed E-state index contributed by atoms with van der Waals surface area (Å²) in [5.74, 6) is -1.34.